The van der Waals surface area contributed by atoms with Crippen LogP contribution in [0, 0.1) is 30.0 Å². The normalized spacial score (nSPS) is 27.6. The second kappa shape index (κ2) is 5.85. The third-order valence-corrected chi connectivity index (χ3v) is 5.13. The van der Waals surface area contributed by atoms with E-state index in [0.717, 1.165) is 18.0 Å². The average molecular weight is 277 g/mol. The van der Waals surface area contributed by atoms with E-state index in [9.17, 15) is 4.39 Å². The third kappa shape index (κ3) is 3.22. The maximum atomic E-state index is 13.5. The summed E-state index contributed by atoms with van der Waals surface area (Å²) in [6.07, 6.45) is 3.64. The van der Waals surface area contributed by atoms with Crippen molar-refractivity contribution < 1.29 is 4.39 Å². The Kier molecular flexibility index (Phi) is 4.53. The molecule has 0 radical (unpaired) electrons. The lowest BCUT2D eigenvalue weighted by Crippen LogP contribution is -2.34. The molecule has 1 aromatic carbocycles. The molecule has 1 aliphatic carbocycles. The molecule has 0 aromatic heterocycles. The van der Waals surface area contributed by atoms with E-state index in [2.05, 4.69) is 20.8 Å². The number of nitrogens with two attached hydrogens (primary N) is 1. The molecule has 0 aliphatic heterocycles. The molecule has 2 N–H and O–H groups in total. The van der Waals surface area contributed by atoms with Crippen molar-refractivity contribution in [1.29, 1.82) is 0 Å². The van der Waals surface area contributed by atoms with Gasteiger partial charge in [-0.15, -0.1) is 0 Å². The second-order valence-electron chi connectivity index (χ2n) is 7.49. The van der Waals surface area contributed by atoms with E-state index >= 15 is 0 Å². The van der Waals surface area contributed by atoms with Crippen molar-refractivity contribution in [3.05, 3.63) is 35.1 Å². The van der Waals surface area contributed by atoms with Gasteiger partial charge in [-0.25, -0.2) is 4.39 Å². The first kappa shape index (κ1) is 15.5. The molecule has 0 bridgehead atoms. The summed E-state index contributed by atoms with van der Waals surface area (Å²) in [6, 6.07) is 5.59. The van der Waals surface area contributed by atoms with Gasteiger partial charge >= 0.3 is 0 Å². The van der Waals surface area contributed by atoms with Gasteiger partial charge in [0, 0.05) is 0 Å². The Bertz CT molecular complexity index is 461. The van der Waals surface area contributed by atoms with Gasteiger partial charge < -0.3 is 5.73 Å². The van der Waals surface area contributed by atoms with Gasteiger partial charge in [-0.1, -0.05) is 32.9 Å². The van der Waals surface area contributed by atoms with Gasteiger partial charge in [-0.2, -0.15) is 0 Å². The molecule has 1 aliphatic rings. The van der Waals surface area contributed by atoms with Crippen molar-refractivity contribution >= 4 is 0 Å². The van der Waals surface area contributed by atoms with Crippen LogP contribution in [-0.2, 0) is 0 Å². The number of benzene rings is 1. The molecule has 0 heterocycles. The molecule has 1 nitrogen and oxygen atoms in total. The van der Waals surface area contributed by atoms with E-state index in [0.29, 0.717) is 17.3 Å². The predicted octanol–water partition coefficient (Wildman–Crippen LogP) is 4.64. The molecule has 3 atom stereocenters. The van der Waals surface area contributed by atoms with Crippen molar-refractivity contribution in [3.63, 3.8) is 0 Å². The molecule has 112 valence electrons. The first-order chi connectivity index (χ1) is 9.32. The van der Waals surface area contributed by atoms with Gasteiger partial charge in [0.25, 0.3) is 0 Å². The van der Waals surface area contributed by atoms with E-state index in [1.807, 2.05) is 19.1 Å². The zero-order valence-electron chi connectivity index (χ0n) is 13.2. The summed E-state index contributed by atoms with van der Waals surface area (Å²) in [6.45, 7) is 9.56. The Morgan fingerprint density at radius 1 is 1.25 bits per heavy atom. The summed E-state index contributed by atoms with van der Waals surface area (Å²) < 4.78 is 13.5. The molecule has 1 aromatic rings. The Labute approximate surface area is 122 Å². The average Bonchev–Trinajstić information content (AvgIpc) is 2.40. The molecule has 1 fully saturated rings. The summed E-state index contributed by atoms with van der Waals surface area (Å²) in [5.41, 5.74) is 8.34. The van der Waals surface area contributed by atoms with Crippen molar-refractivity contribution in [3.8, 4) is 0 Å². The quantitative estimate of drug-likeness (QED) is 0.837. The molecule has 0 spiro atoms. The molecule has 20 heavy (non-hydrogen) atoms. The topological polar surface area (TPSA) is 26.0 Å². The van der Waals surface area contributed by atoms with Gasteiger partial charge in [0.1, 0.15) is 5.82 Å². The van der Waals surface area contributed by atoms with Crippen LogP contribution in [0.5, 0.6) is 0 Å². The number of aryl methyl sites for hydroxylation is 1. The van der Waals surface area contributed by atoms with Crippen LogP contribution in [0.3, 0.4) is 0 Å². The van der Waals surface area contributed by atoms with E-state index in [1.165, 1.54) is 24.8 Å². The van der Waals surface area contributed by atoms with Crippen LogP contribution >= 0.6 is 0 Å². The van der Waals surface area contributed by atoms with Crippen molar-refractivity contribution in [1.82, 2.24) is 0 Å². The Morgan fingerprint density at radius 3 is 2.50 bits per heavy atom. The minimum Gasteiger partial charge on any atom is -0.330 e. The molecule has 2 rings (SSSR count). The highest BCUT2D eigenvalue weighted by atomic mass is 19.1. The lowest BCUT2D eigenvalue weighted by atomic mass is 9.64. The molecule has 0 amide bonds. The largest absolute Gasteiger partial charge is 0.330 e. The van der Waals surface area contributed by atoms with Crippen LogP contribution in [0.4, 0.5) is 4.39 Å². The Morgan fingerprint density at radius 2 is 1.95 bits per heavy atom. The van der Waals surface area contributed by atoms with Crippen molar-refractivity contribution in [2.75, 3.05) is 6.54 Å². The van der Waals surface area contributed by atoms with E-state index < -0.39 is 0 Å². The van der Waals surface area contributed by atoms with Crippen LogP contribution in [0.25, 0.3) is 0 Å². The number of rotatable bonds is 2. The molecule has 3 unspecified atom stereocenters. The first-order valence-corrected chi connectivity index (χ1v) is 7.79. The van der Waals surface area contributed by atoms with Crippen LogP contribution < -0.4 is 5.73 Å². The maximum Gasteiger partial charge on any atom is 0.126 e. The molecular weight excluding hydrogens is 249 g/mol. The fraction of sp³-hybridized carbons (Fsp3) is 0.667. The summed E-state index contributed by atoms with van der Waals surface area (Å²) in [5.74, 6) is 1.64. The van der Waals surface area contributed by atoms with Crippen molar-refractivity contribution in [2.45, 2.75) is 52.9 Å². The summed E-state index contributed by atoms with van der Waals surface area (Å²) in [4.78, 5) is 0. The summed E-state index contributed by atoms with van der Waals surface area (Å²) in [5, 5.41) is 0. The zero-order chi connectivity index (χ0) is 14.9. The fourth-order valence-electron chi connectivity index (χ4n) is 3.61. The molecule has 2 heteroatoms. The number of halogens is 1. The lowest BCUT2D eigenvalue weighted by Gasteiger charge is -2.42. The highest BCUT2D eigenvalue weighted by Gasteiger charge is 2.36. The van der Waals surface area contributed by atoms with Gasteiger partial charge in [-0.3, -0.25) is 0 Å². The first-order valence-electron chi connectivity index (χ1n) is 7.79. The summed E-state index contributed by atoms with van der Waals surface area (Å²) in [7, 11) is 0. The van der Waals surface area contributed by atoms with E-state index in [-0.39, 0.29) is 5.82 Å². The zero-order valence-corrected chi connectivity index (χ0v) is 13.2. The molecule has 0 saturated heterocycles. The van der Waals surface area contributed by atoms with Gasteiger partial charge in [-0.05, 0) is 73.1 Å². The highest BCUT2D eigenvalue weighted by Crippen LogP contribution is 2.46. The van der Waals surface area contributed by atoms with Crippen LogP contribution in [0.15, 0.2) is 18.2 Å². The Balaban J connectivity index is 2.27. The number of hydrogen-bond donors (Lipinski definition) is 1. The minimum atomic E-state index is -0.110. The standard InChI is InChI=1S/C18H28FN/c1-12-9-13(6-8-17(12)19)16-10-15(18(2,3)4)7-5-14(16)11-20/h6,8-9,14-16H,5,7,10-11,20H2,1-4H3. The van der Waals surface area contributed by atoms with Crippen molar-refractivity contribution in [2.24, 2.45) is 23.0 Å². The molecule has 1 saturated carbocycles. The van der Waals surface area contributed by atoms with E-state index in [4.69, 9.17) is 5.73 Å². The smallest absolute Gasteiger partial charge is 0.126 e. The highest BCUT2D eigenvalue weighted by molar-refractivity contribution is 5.28. The predicted molar refractivity (Wildman–Crippen MR) is 83.2 cm³/mol. The minimum absolute atomic E-state index is 0.110. The molecular formula is C18H28FN. The second-order valence-corrected chi connectivity index (χ2v) is 7.49. The van der Waals surface area contributed by atoms with Gasteiger partial charge in [0.05, 0.1) is 0 Å². The van der Waals surface area contributed by atoms with Gasteiger partial charge in [0.15, 0.2) is 0 Å². The third-order valence-electron chi connectivity index (χ3n) is 5.13. The van der Waals surface area contributed by atoms with E-state index in [1.54, 1.807) is 6.07 Å². The van der Waals surface area contributed by atoms with Crippen LogP contribution in [0.1, 0.15) is 57.1 Å². The SMILES string of the molecule is Cc1cc(C2CC(C(C)(C)C)CCC2CN)ccc1F. The van der Waals surface area contributed by atoms with Crippen LogP contribution in [0.2, 0.25) is 0 Å². The lowest BCUT2D eigenvalue weighted by molar-refractivity contribution is 0.133. The monoisotopic (exact) mass is 277 g/mol. The fourth-order valence-corrected chi connectivity index (χ4v) is 3.61. The summed E-state index contributed by atoms with van der Waals surface area (Å²) >= 11 is 0. The van der Waals surface area contributed by atoms with Crippen LogP contribution in [-0.4, -0.2) is 6.54 Å². The maximum absolute atomic E-state index is 13.5. The Hall–Kier alpha value is -0.890. The number of hydrogen-bond acceptors (Lipinski definition) is 1. The van der Waals surface area contributed by atoms with Gasteiger partial charge in [0.2, 0.25) is 0 Å².